The predicted molar refractivity (Wildman–Crippen MR) is 117 cm³/mol. The van der Waals surface area contributed by atoms with Crippen LogP contribution in [0.3, 0.4) is 0 Å². The van der Waals surface area contributed by atoms with Gasteiger partial charge in [0, 0.05) is 0 Å². The van der Waals surface area contributed by atoms with Gasteiger partial charge in [-0.15, -0.1) is 0 Å². The fraction of sp³-hybridized carbons (Fsp3) is 0.174. The Bertz CT molecular complexity index is 1330. The van der Waals surface area contributed by atoms with Gasteiger partial charge in [-0.25, -0.2) is 4.98 Å². The summed E-state index contributed by atoms with van der Waals surface area (Å²) in [7, 11) is 1.50. The van der Waals surface area contributed by atoms with Crippen molar-refractivity contribution >= 4 is 28.7 Å². The Balaban J connectivity index is 1.86. The third-order valence-electron chi connectivity index (χ3n) is 5.17. The standard InChI is InChI=1S/C23H21N5O2/c1-4-16-14(2)17(12-24)22-26-18-7-5-6-8-19(18)28(22)23(16)27-25-13-15-9-10-20(29)21(11-15)30-3/h5-11,13,27,29H,4H2,1-3H3/b25-13+. The number of phenols is 1. The first kappa shape index (κ1) is 19.3. The number of rotatable bonds is 5. The highest BCUT2D eigenvalue weighted by molar-refractivity contribution is 5.87. The minimum atomic E-state index is 0.0742. The third-order valence-corrected chi connectivity index (χ3v) is 5.17. The van der Waals surface area contributed by atoms with Gasteiger partial charge in [-0.1, -0.05) is 19.1 Å². The Kier molecular flexibility index (Phi) is 4.98. The number of nitrogens with zero attached hydrogens (tertiary/aromatic N) is 4. The van der Waals surface area contributed by atoms with Crippen molar-refractivity contribution in [3.05, 3.63) is 64.7 Å². The first-order valence-electron chi connectivity index (χ1n) is 9.57. The van der Waals surface area contributed by atoms with Crippen molar-refractivity contribution in [2.75, 3.05) is 12.5 Å². The number of aromatic hydroxyl groups is 1. The molecule has 0 unspecified atom stereocenters. The molecule has 0 amide bonds. The number of imidazole rings is 1. The molecule has 0 aliphatic carbocycles. The van der Waals surface area contributed by atoms with Gasteiger partial charge in [0.05, 0.1) is 29.9 Å². The molecule has 7 nitrogen and oxygen atoms in total. The molecule has 2 heterocycles. The molecule has 2 N–H and O–H groups in total. The zero-order valence-corrected chi connectivity index (χ0v) is 17.0. The van der Waals surface area contributed by atoms with E-state index in [0.717, 1.165) is 40.0 Å². The number of pyridine rings is 1. The number of para-hydroxylation sites is 2. The Morgan fingerprint density at radius 2 is 2.10 bits per heavy atom. The van der Waals surface area contributed by atoms with Gasteiger partial charge in [-0.3, -0.25) is 9.83 Å². The van der Waals surface area contributed by atoms with Crippen molar-refractivity contribution in [2.45, 2.75) is 20.3 Å². The summed E-state index contributed by atoms with van der Waals surface area (Å²) in [5.74, 6) is 1.23. The summed E-state index contributed by atoms with van der Waals surface area (Å²) < 4.78 is 7.10. The summed E-state index contributed by atoms with van der Waals surface area (Å²) in [4.78, 5) is 4.69. The SMILES string of the molecule is CCc1c(C)c(C#N)c2nc3ccccc3n2c1N/N=C/c1ccc(O)c(OC)c1. The van der Waals surface area contributed by atoms with Gasteiger partial charge in [0.1, 0.15) is 11.9 Å². The lowest BCUT2D eigenvalue weighted by atomic mass is 10.0. The lowest BCUT2D eigenvalue weighted by Gasteiger charge is -2.15. The van der Waals surface area contributed by atoms with Crippen LogP contribution in [0.1, 0.15) is 29.2 Å². The summed E-state index contributed by atoms with van der Waals surface area (Å²) in [5.41, 5.74) is 8.73. The number of phenolic OH excluding ortho intramolecular Hbond substituents is 1. The molecule has 0 radical (unpaired) electrons. The summed E-state index contributed by atoms with van der Waals surface area (Å²) in [5, 5.41) is 23.9. The highest BCUT2D eigenvalue weighted by Crippen LogP contribution is 2.31. The molecule has 150 valence electrons. The normalized spacial score (nSPS) is 11.3. The van der Waals surface area contributed by atoms with E-state index in [1.165, 1.54) is 7.11 Å². The average Bonchev–Trinajstić information content (AvgIpc) is 3.14. The number of hydrogen-bond donors (Lipinski definition) is 2. The molecule has 30 heavy (non-hydrogen) atoms. The van der Waals surface area contributed by atoms with E-state index in [1.807, 2.05) is 42.5 Å². The molecule has 0 aliphatic heterocycles. The van der Waals surface area contributed by atoms with E-state index in [0.29, 0.717) is 17.0 Å². The maximum absolute atomic E-state index is 9.76. The molecule has 4 rings (SSSR count). The van der Waals surface area contributed by atoms with Crippen LogP contribution in [0, 0.1) is 18.3 Å². The van der Waals surface area contributed by atoms with Crippen LogP contribution >= 0.6 is 0 Å². The number of nitrogens with one attached hydrogen (secondary N) is 1. The van der Waals surface area contributed by atoms with Gasteiger partial charge in [-0.05, 0) is 60.4 Å². The van der Waals surface area contributed by atoms with E-state index in [9.17, 15) is 10.4 Å². The van der Waals surface area contributed by atoms with E-state index in [1.54, 1.807) is 24.4 Å². The van der Waals surface area contributed by atoms with Gasteiger partial charge in [0.25, 0.3) is 0 Å². The van der Waals surface area contributed by atoms with Gasteiger partial charge in [0.2, 0.25) is 0 Å². The van der Waals surface area contributed by atoms with Crippen LogP contribution in [-0.4, -0.2) is 27.8 Å². The largest absolute Gasteiger partial charge is 0.504 e. The summed E-state index contributed by atoms with van der Waals surface area (Å²) in [6, 6.07) is 15.1. The number of anilines is 1. The molecule has 0 fully saturated rings. The smallest absolute Gasteiger partial charge is 0.161 e. The molecule has 4 aromatic rings. The minimum Gasteiger partial charge on any atom is -0.504 e. The van der Waals surface area contributed by atoms with Crippen LogP contribution in [0.15, 0.2) is 47.6 Å². The third kappa shape index (κ3) is 3.08. The fourth-order valence-electron chi connectivity index (χ4n) is 3.68. The molecule has 0 atom stereocenters. The summed E-state index contributed by atoms with van der Waals surface area (Å²) in [6.07, 6.45) is 2.38. The van der Waals surface area contributed by atoms with Crippen LogP contribution in [0.5, 0.6) is 11.5 Å². The Morgan fingerprint density at radius 1 is 1.30 bits per heavy atom. The lowest BCUT2D eigenvalue weighted by molar-refractivity contribution is 0.373. The Hall–Kier alpha value is -4.05. The molecule has 0 spiro atoms. The molecule has 0 bridgehead atoms. The van der Waals surface area contributed by atoms with Crippen molar-refractivity contribution in [1.82, 2.24) is 9.38 Å². The second-order valence-corrected chi connectivity index (χ2v) is 6.85. The van der Waals surface area contributed by atoms with Crippen LogP contribution in [0.25, 0.3) is 16.7 Å². The highest BCUT2D eigenvalue weighted by atomic mass is 16.5. The van der Waals surface area contributed by atoms with Crippen molar-refractivity contribution in [3.8, 4) is 17.6 Å². The number of aromatic nitrogens is 2. The van der Waals surface area contributed by atoms with Gasteiger partial charge in [-0.2, -0.15) is 10.4 Å². The quantitative estimate of drug-likeness (QED) is 0.383. The second-order valence-electron chi connectivity index (χ2n) is 6.85. The van der Waals surface area contributed by atoms with E-state index in [-0.39, 0.29) is 5.75 Å². The first-order chi connectivity index (χ1) is 14.6. The molecule has 2 aromatic heterocycles. The number of benzene rings is 2. The van der Waals surface area contributed by atoms with Gasteiger partial charge < -0.3 is 9.84 Å². The molecule has 0 aliphatic rings. The van der Waals surface area contributed by atoms with Crippen molar-refractivity contribution < 1.29 is 9.84 Å². The lowest BCUT2D eigenvalue weighted by Crippen LogP contribution is -2.07. The number of fused-ring (bicyclic) bond motifs is 3. The van der Waals surface area contributed by atoms with Gasteiger partial charge >= 0.3 is 0 Å². The van der Waals surface area contributed by atoms with E-state index < -0.39 is 0 Å². The maximum Gasteiger partial charge on any atom is 0.161 e. The Morgan fingerprint density at radius 3 is 2.83 bits per heavy atom. The number of hydrogen-bond acceptors (Lipinski definition) is 6. The van der Waals surface area contributed by atoms with E-state index in [4.69, 9.17) is 4.74 Å². The van der Waals surface area contributed by atoms with E-state index >= 15 is 0 Å². The zero-order chi connectivity index (χ0) is 21.3. The number of ether oxygens (including phenoxy) is 1. The zero-order valence-electron chi connectivity index (χ0n) is 17.0. The molecule has 7 heteroatoms. The van der Waals surface area contributed by atoms with Gasteiger partial charge in [0.15, 0.2) is 17.1 Å². The average molecular weight is 399 g/mol. The number of hydrazone groups is 1. The van der Waals surface area contributed by atoms with E-state index in [2.05, 4.69) is 21.6 Å². The van der Waals surface area contributed by atoms with Crippen LogP contribution < -0.4 is 10.2 Å². The topological polar surface area (TPSA) is 94.9 Å². The second kappa shape index (κ2) is 7.76. The van der Waals surface area contributed by atoms with Crippen molar-refractivity contribution in [3.63, 3.8) is 0 Å². The molecular weight excluding hydrogens is 378 g/mol. The highest BCUT2D eigenvalue weighted by Gasteiger charge is 2.19. The van der Waals surface area contributed by atoms with Crippen molar-refractivity contribution in [2.24, 2.45) is 5.10 Å². The predicted octanol–water partition coefficient (Wildman–Crippen LogP) is 4.39. The molecule has 0 saturated carbocycles. The monoisotopic (exact) mass is 399 g/mol. The summed E-state index contributed by atoms with van der Waals surface area (Å²) in [6.45, 7) is 3.99. The molecule has 0 saturated heterocycles. The number of methoxy groups -OCH3 is 1. The number of nitriles is 1. The molecule has 2 aromatic carbocycles. The van der Waals surface area contributed by atoms with Crippen LogP contribution in [0.2, 0.25) is 0 Å². The van der Waals surface area contributed by atoms with Crippen LogP contribution in [0.4, 0.5) is 5.82 Å². The summed E-state index contributed by atoms with van der Waals surface area (Å²) >= 11 is 0. The van der Waals surface area contributed by atoms with Crippen molar-refractivity contribution in [1.29, 1.82) is 5.26 Å². The maximum atomic E-state index is 9.76. The molecular formula is C23H21N5O2. The first-order valence-corrected chi connectivity index (χ1v) is 9.57. The minimum absolute atomic E-state index is 0.0742. The fourth-order valence-corrected chi connectivity index (χ4v) is 3.68. The van der Waals surface area contributed by atoms with Crippen LogP contribution in [-0.2, 0) is 6.42 Å². The Labute approximate surface area is 173 Å².